The third-order valence-electron chi connectivity index (χ3n) is 4.17. The molecule has 1 saturated heterocycles. The third kappa shape index (κ3) is 3.19. The molecule has 3 rings (SSSR count). The summed E-state index contributed by atoms with van der Waals surface area (Å²) in [5.41, 5.74) is 2.44. The summed E-state index contributed by atoms with van der Waals surface area (Å²) in [6, 6.07) is 6.51. The van der Waals surface area contributed by atoms with Crippen LogP contribution in [0.2, 0.25) is 0 Å². The predicted octanol–water partition coefficient (Wildman–Crippen LogP) is 1.89. The van der Waals surface area contributed by atoms with E-state index in [-0.39, 0.29) is 0 Å². The smallest absolute Gasteiger partial charge is 0.225 e. The molecule has 1 aliphatic heterocycles. The minimum Gasteiger partial charge on any atom is -0.340 e. The lowest BCUT2D eigenvalue weighted by atomic mass is 10.2. The van der Waals surface area contributed by atoms with Gasteiger partial charge in [0.1, 0.15) is 0 Å². The summed E-state index contributed by atoms with van der Waals surface area (Å²) in [6.07, 6.45) is 6.59. The van der Waals surface area contributed by atoms with Crippen LogP contribution in [0.5, 0.6) is 0 Å². The van der Waals surface area contributed by atoms with Gasteiger partial charge >= 0.3 is 0 Å². The van der Waals surface area contributed by atoms with Gasteiger partial charge < -0.3 is 4.90 Å². The fourth-order valence-corrected chi connectivity index (χ4v) is 2.83. The largest absolute Gasteiger partial charge is 0.340 e. The first kappa shape index (κ1) is 13.9. The first-order valence-corrected chi connectivity index (χ1v) is 7.37. The van der Waals surface area contributed by atoms with Crippen LogP contribution in [0, 0.1) is 6.92 Å². The van der Waals surface area contributed by atoms with Crippen molar-refractivity contribution < 1.29 is 0 Å². The highest BCUT2D eigenvalue weighted by molar-refractivity contribution is 5.29. The maximum atomic E-state index is 4.37. The van der Waals surface area contributed by atoms with E-state index in [1.54, 1.807) is 12.4 Å². The van der Waals surface area contributed by atoms with Gasteiger partial charge in [-0.1, -0.05) is 6.07 Å². The fourth-order valence-electron chi connectivity index (χ4n) is 2.83. The number of nitrogens with zero attached hydrogens (tertiary/aromatic N) is 5. The highest BCUT2D eigenvalue weighted by Gasteiger charge is 2.27. The molecule has 0 aliphatic carbocycles. The Kier molecular flexibility index (Phi) is 4.10. The maximum absolute atomic E-state index is 4.37. The summed E-state index contributed by atoms with van der Waals surface area (Å²) in [5, 5.41) is 0. The summed E-state index contributed by atoms with van der Waals surface area (Å²) in [7, 11) is 2.08. The van der Waals surface area contributed by atoms with Crippen molar-refractivity contribution >= 4 is 5.95 Å². The van der Waals surface area contributed by atoms with E-state index in [2.05, 4.69) is 44.8 Å². The van der Waals surface area contributed by atoms with E-state index in [4.69, 9.17) is 0 Å². The molecule has 3 heterocycles. The van der Waals surface area contributed by atoms with Crippen LogP contribution in [-0.4, -0.2) is 46.0 Å². The third-order valence-corrected chi connectivity index (χ3v) is 4.17. The topological polar surface area (TPSA) is 45.2 Å². The molecule has 1 unspecified atom stereocenters. The Morgan fingerprint density at radius 3 is 2.71 bits per heavy atom. The summed E-state index contributed by atoms with van der Waals surface area (Å²) >= 11 is 0. The molecular formula is C16H21N5. The van der Waals surface area contributed by atoms with Gasteiger partial charge in [-0.25, -0.2) is 9.97 Å². The Balaban J connectivity index is 1.62. The summed E-state index contributed by atoms with van der Waals surface area (Å²) in [6.45, 7) is 5.20. The van der Waals surface area contributed by atoms with Crippen LogP contribution in [0.4, 0.5) is 5.95 Å². The van der Waals surface area contributed by atoms with E-state index in [1.165, 1.54) is 5.56 Å². The molecule has 0 spiro atoms. The first-order valence-electron chi connectivity index (χ1n) is 7.37. The van der Waals surface area contributed by atoms with Crippen LogP contribution in [0.25, 0.3) is 0 Å². The van der Waals surface area contributed by atoms with Crippen LogP contribution in [0.3, 0.4) is 0 Å². The lowest BCUT2D eigenvalue weighted by molar-refractivity contribution is 0.324. The minimum absolute atomic E-state index is 0.476. The Hall–Kier alpha value is -2.01. The SMILES string of the molecule is Cc1ncccc1CN1CCC(N(C)c2ncccn2)C1. The van der Waals surface area contributed by atoms with Crippen LogP contribution >= 0.6 is 0 Å². The number of likely N-dealkylation sites (tertiary alicyclic amines) is 1. The van der Waals surface area contributed by atoms with Crippen molar-refractivity contribution in [2.24, 2.45) is 0 Å². The molecule has 1 aliphatic rings. The van der Waals surface area contributed by atoms with Gasteiger partial charge in [-0.15, -0.1) is 0 Å². The Bertz CT molecular complexity index is 586. The molecule has 0 N–H and O–H groups in total. The first-order chi connectivity index (χ1) is 10.2. The second-order valence-electron chi connectivity index (χ2n) is 5.59. The molecule has 21 heavy (non-hydrogen) atoms. The molecule has 110 valence electrons. The summed E-state index contributed by atoms with van der Waals surface area (Å²) in [4.78, 5) is 17.7. The van der Waals surface area contributed by atoms with Gasteiger partial charge in [0.05, 0.1) is 0 Å². The van der Waals surface area contributed by atoms with Crippen LogP contribution in [0.1, 0.15) is 17.7 Å². The van der Waals surface area contributed by atoms with Gasteiger partial charge in [0, 0.05) is 57.0 Å². The molecular weight excluding hydrogens is 262 g/mol. The van der Waals surface area contributed by atoms with Crippen molar-refractivity contribution in [1.82, 2.24) is 19.9 Å². The number of hydrogen-bond donors (Lipinski definition) is 0. The number of anilines is 1. The van der Waals surface area contributed by atoms with Gasteiger partial charge in [0.2, 0.25) is 5.95 Å². The minimum atomic E-state index is 0.476. The van der Waals surface area contributed by atoms with Crippen LogP contribution < -0.4 is 4.90 Å². The van der Waals surface area contributed by atoms with E-state index in [1.807, 2.05) is 18.3 Å². The average molecular weight is 283 g/mol. The number of aromatic nitrogens is 3. The highest BCUT2D eigenvalue weighted by Crippen LogP contribution is 2.20. The molecule has 0 amide bonds. The zero-order valence-corrected chi connectivity index (χ0v) is 12.6. The molecule has 1 fully saturated rings. The molecule has 0 saturated carbocycles. The molecule has 5 heteroatoms. The molecule has 0 bridgehead atoms. The van der Waals surface area contributed by atoms with Crippen molar-refractivity contribution in [3.05, 3.63) is 48.0 Å². The van der Waals surface area contributed by atoms with Gasteiger partial charge in [0.25, 0.3) is 0 Å². The standard InChI is InChI=1S/C16H21N5/c1-13-14(5-3-7-17-13)11-21-10-6-15(12-21)20(2)16-18-8-4-9-19-16/h3-5,7-9,15H,6,10-12H2,1-2H3. The Morgan fingerprint density at radius 2 is 1.95 bits per heavy atom. The molecule has 2 aromatic heterocycles. The fraction of sp³-hybridized carbons (Fsp3) is 0.438. The van der Waals surface area contributed by atoms with Gasteiger partial charge in [-0.3, -0.25) is 9.88 Å². The highest BCUT2D eigenvalue weighted by atomic mass is 15.3. The number of hydrogen-bond acceptors (Lipinski definition) is 5. The molecule has 1 atom stereocenters. The second kappa shape index (κ2) is 6.18. The van der Waals surface area contributed by atoms with Crippen molar-refractivity contribution in [3.8, 4) is 0 Å². The zero-order valence-electron chi connectivity index (χ0n) is 12.6. The van der Waals surface area contributed by atoms with E-state index < -0.39 is 0 Å². The number of aryl methyl sites for hydroxylation is 1. The van der Waals surface area contributed by atoms with Crippen LogP contribution in [-0.2, 0) is 6.54 Å². The van der Waals surface area contributed by atoms with Crippen molar-refractivity contribution in [1.29, 1.82) is 0 Å². The summed E-state index contributed by atoms with van der Waals surface area (Å²) < 4.78 is 0. The monoisotopic (exact) mass is 283 g/mol. The van der Waals surface area contributed by atoms with Crippen LogP contribution in [0.15, 0.2) is 36.8 Å². The number of rotatable bonds is 4. The normalized spacial score (nSPS) is 18.9. The molecule has 0 radical (unpaired) electrons. The number of pyridine rings is 1. The number of likely N-dealkylation sites (N-methyl/N-ethyl adjacent to an activating group) is 1. The quantitative estimate of drug-likeness (QED) is 0.857. The lowest BCUT2D eigenvalue weighted by Gasteiger charge is -2.24. The van der Waals surface area contributed by atoms with Gasteiger partial charge in [-0.2, -0.15) is 0 Å². The van der Waals surface area contributed by atoms with E-state index in [9.17, 15) is 0 Å². The van der Waals surface area contributed by atoms with Crippen molar-refractivity contribution in [3.63, 3.8) is 0 Å². The van der Waals surface area contributed by atoms with E-state index in [0.717, 1.165) is 37.7 Å². The lowest BCUT2D eigenvalue weighted by Crippen LogP contribution is -2.35. The molecule has 2 aromatic rings. The van der Waals surface area contributed by atoms with Gasteiger partial charge in [0.15, 0.2) is 0 Å². The van der Waals surface area contributed by atoms with Crippen molar-refractivity contribution in [2.75, 3.05) is 25.0 Å². The predicted molar refractivity (Wildman–Crippen MR) is 83.1 cm³/mol. The maximum Gasteiger partial charge on any atom is 0.225 e. The van der Waals surface area contributed by atoms with Crippen molar-refractivity contribution in [2.45, 2.75) is 25.9 Å². The Morgan fingerprint density at radius 1 is 1.19 bits per heavy atom. The van der Waals surface area contributed by atoms with E-state index in [0.29, 0.717) is 6.04 Å². The summed E-state index contributed by atoms with van der Waals surface area (Å²) in [5.74, 6) is 0.807. The Labute approximate surface area is 125 Å². The molecule has 0 aromatic carbocycles. The molecule has 5 nitrogen and oxygen atoms in total. The van der Waals surface area contributed by atoms with Gasteiger partial charge in [-0.05, 0) is 31.0 Å². The van der Waals surface area contributed by atoms with E-state index >= 15 is 0 Å². The second-order valence-corrected chi connectivity index (χ2v) is 5.59. The zero-order chi connectivity index (χ0) is 14.7. The average Bonchev–Trinajstić information content (AvgIpc) is 2.98.